The first-order chi connectivity index (χ1) is 12.4. The Balaban J connectivity index is -0.000000432. The maximum Gasteiger partial charge on any atom is 1.00 e. The van der Waals surface area contributed by atoms with Crippen molar-refractivity contribution in [2.75, 3.05) is 12.4 Å². The molecule has 0 radical (unpaired) electrons. The van der Waals surface area contributed by atoms with E-state index in [0.29, 0.717) is 24.5 Å². The van der Waals surface area contributed by atoms with Gasteiger partial charge in [-0.1, -0.05) is 45.8 Å². The van der Waals surface area contributed by atoms with E-state index in [1.54, 1.807) is 6.92 Å². The molecule has 0 fully saturated rings. The molecule has 0 aliphatic carbocycles. The molecule has 0 saturated heterocycles. The number of ether oxygens (including phenoxy) is 1. The van der Waals surface area contributed by atoms with Crippen LogP contribution in [-0.4, -0.2) is 37.3 Å². The number of carbonyl (C=O) groups is 2. The third kappa shape index (κ3) is 22.3. The number of carbonyl (C=O) groups excluding carboxylic acids is 2. The SMILES string of the molecule is C=C(C)C(=O)OCC(CC)CCCC.CC(=CCCCS(=O)(=O)O)C(=O)[O-].[K+]. The summed E-state index contributed by atoms with van der Waals surface area (Å²) >= 11 is 0. The molecule has 7 nitrogen and oxygen atoms in total. The first-order valence-corrected chi connectivity index (χ1v) is 10.7. The molecule has 158 valence electrons. The van der Waals surface area contributed by atoms with Gasteiger partial charge in [0.2, 0.25) is 0 Å². The number of rotatable bonds is 12. The first-order valence-electron chi connectivity index (χ1n) is 9.10. The summed E-state index contributed by atoms with van der Waals surface area (Å²) in [6, 6.07) is 0. The van der Waals surface area contributed by atoms with Crippen molar-refractivity contribution in [3.63, 3.8) is 0 Å². The standard InChI is InChI=1S/C12H22O2.C7H12O5S.K/c1-5-7-8-11(6-2)9-14-12(13)10(3)4;1-6(7(8)9)4-2-3-5-13(10,11)12;/h11H,3,5-9H2,1-2,4H3;4H,2-3,5H2,1H3,(H,8,9)(H,10,11,12);/q;;+1/p-1. The van der Waals surface area contributed by atoms with Gasteiger partial charge in [-0.25, -0.2) is 4.79 Å². The van der Waals surface area contributed by atoms with Crippen molar-refractivity contribution < 1.29 is 83.8 Å². The minimum atomic E-state index is -3.93. The predicted octanol–water partition coefficient (Wildman–Crippen LogP) is -0.323. The molecule has 0 spiro atoms. The van der Waals surface area contributed by atoms with Gasteiger partial charge in [0.25, 0.3) is 10.1 Å². The van der Waals surface area contributed by atoms with Crippen LogP contribution in [0, 0.1) is 5.92 Å². The molecule has 0 aliphatic heterocycles. The number of hydrogen-bond donors (Lipinski definition) is 1. The van der Waals surface area contributed by atoms with Gasteiger partial charge in [0.05, 0.1) is 18.3 Å². The molecular weight excluding hydrogens is 411 g/mol. The smallest absolute Gasteiger partial charge is 0.545 e. The van der Waals surface area contributed by atoms with Gasteiger partial charge in [0.15, 0.2) is 0 Å². The molecule has 0 amide bonds. The van der Waals surface area contributed by atoms with E-state index in [1.165, 1.54) is 25.8 Å². The van der Waals surface area contributed by atoms with Crippen LogP contribution in [0.25, 0.3) is 0 Å². The Morgan fingerprint density at radius 2 is 1.79 bits per heavy atom. The Labute approximate surface area is 212 Å². The molecule has 0 aliphatic rings. The van der Waals surface area contributed by atoms with Gasteiger partial charge >= 0.3 is 57.4 Å². The second-order valence-electron chi connectivity index (χ2n) is 6.40. The monoisotopic (exact) mass is 444 g/mol. The van der Waals surface area contributed by atoms with Gasteiger partial charge in [0.1, 0.15) is 0 Å². The second kappa shape index (κ2) is 19.0. The minimum absolute atomic E-state index is 0. The quantitative estimate of drug-likeness (QED) is 0.144. The second-order valence-corrected chi connectivity index (χ2v) is 7.97. The molecule has 0 rings (SSSR count). The largest absolute Gasteiger partial charge is 1.00 e. The number of allylic oxidation sites excluding steroid dienone is 1. The van der Waals surface area contributed by atoms with Crippen molar-refractivity contribution in [1.29, 1.82) is 0 Å². The van der Waals surface area contributed by atoms with Crippen molar-refractivity contribution >= 4 is 22.1 Å². The molecule has 0 bridgehead atoms. The third-order valence-electron chi connectivity index (χ3n) is 3.72. The van der Waals surface area contributed by atoms with Crippen LogP contribution in [0.3, 0.4) is 0 Å². The molecule has 1 atom stereocenters. The van der Waals surface area contributed by atoms with Crippen LogP contribution in [-0.2, 0) is 24.4 Å². The molecule has 28 heavy (non-hydrogen) atoms. The zero-order chi connectivity index (χ0) is 21.5. The van der Waals surface area contributed by atoms with E-state index in [1.807, 2.05) is 0 Å². The summed E-state index contributed by atoms with van der Waals surface area (Å²) < 4.78 is 33.9. The summed E-state index contributed by atoms with van der Waals surface area (Å²) in [6.45, 7) is 11.4. The first kappa shape index (κ1) is 32.6. The molecule has 9 heteroatoms. The van der Waals surface area contributed by atoms with Crippen LogP contribution >= 0.6 is 0 Å². The Bertz CT molecular complexity index is 597. The van der Waals surface area contributed by atoms with E-state index in [2.05, 4.69) is 20.4 Å². The van der Waals surface area contributed by atoms with Crippen molar-refractivity contribution in [3.05, 3.63) is 23.8 Å². The summed E-state index contributed by atoms with van der Waals surface area (Å²) in [5.41, 5.74) is 0.547. The van der Waals surface area contributed by atoms with Crippen LogP contribution < -0.4 is 56.5 Å². The average molecular weight is 445 g/mol. The number of aliphatic carboxylic acids is 1. The van der Waals surface area contributed by atoms with Crippen molar-refractivity contribution in [2.24, 2.45) is 5.92 Å². The van der Waals surface area contributed by atoms with Crippen LogP contribution in [0.4, 0.5) is 0 Å². The normalized spacial score (nSPS) is 12.1. The van der Waals surface area contributed by atoms with Crippen LogP contribution in [0.2, 0.25) is 0 Å². The fraction of sp³-hybridized carbons (Fsp3) is 0.684. The number of carboxylic acids is 1. The number of esters is 1. The maximum atomic E-state index is 11.1. The molecule has 1 unspecified atom stereocenters. The van der Waals surface area contributed by atoms with E-state index >= 15 is 0 Å². The van der Waals surface area contributed by atoms with E-state index in [-0.39, 0.29) is 75.1 Å². The van der Waals surface area contributed by atoms with E-state index in [0.717, 1.165) is 12.8 Å². The fourth-order valence-corrected chi connectivity index (χ4v) is 2.41. The summed E-state index contributed by atoms with van der Waals surface area (Å²) in [6.07, 6.45) is 6.48. The zero-order valence-electron chi connectivity index (χ0n) is 17.8. The molecule has 0 aromatic carbocycles. The summed E-state index contributed by atoms with van der Waals surface area (Å²) in [7, 11) is -3.93. The Morgan fingerprint density at radius 3 is 2.18 bits per heavy atom. The van der Waals surface area contributed by atoms with E-state index in [4.69, 9.17) is 9.29 Å². The van der Waals surface area contributed by atoms with Gasteiger partial charge in [-0.3, -0.25) is 4.55 Å². The van der Waals surface area contributed by atoms with E-state index in [9.17, 15) is 23.1 Å². The van der Waals surface area contributed by atoms with E-state index < -0.39 is 16.1 Å². The number of hydrogen-bond acceptors (Lipinski definition) is 6. The van der Waals surface area contributed by atoms with Gasteiger partial charge in [-0.05, 0) is 44.6 Å². The van der Waals surface area contributed by atoms with Gasteiger partial charge in [-0.2, -0.15) is 8.42 Å². The van der Waals surface area contributed by atoms with Crippen LogP contribution in [0.15, 0.2) is 23.8 Å². The molecule has 1 N–H and O–H groups in total. The van der Waals surface area contributed by atoms with Crippen LogP contribution in [0.5, 0.6) is 0 Å². The predicted molar refractivity (Wildman–Crippen MR) is 103 cm³/mol. The van der Waals surface area contributed by atoms with Crippen molar-refractivity contribution in [2.45, 2.75) is 66.2 Å². The molecule has 0 aromatic rings. The van der Waals surface area contributed by atoms with Crippen LogP contribution in [0.1, 0.15) is 66.2 Å². The summed E-state index contributed by atoms with van der Waals surface area (Å²) in [5, 5.41) is 10.1. The molecule has 0 saturated carbocycles. The maximum absolute atomic E-state index is 11.1. The molecule has 0 heterocycles. The van der Waals surface area contributed by atoms with Crippen molar-refractivity contribution in [1.82, 2.24) is 0 Å². The van der Waals surface area contributed by atoms with Gasteiger partial charge in [0, 0.05) is 5.57 Å². The summed E-state index contributed by atoms with van der Waals surface area (Å²) in [5.74, 6) is -1.38. The van der Waals surface area contributed by atoms with Gasteiger partial charge < -0.3 is 14.6 Å². The van der Waals surface area contributed by atoms with Gasteiger partial charge in [-0.15, -0.1) is 0 Å². The van der Waals surface area contributed by atoms with Crippen molar-refractivity contribution in [3.8, 4) is 0 Å². The third-order valence-corrected chi connectivity index (χ3v) is 4.53. The average Bonchev–Trinajstić information content (AvgIpc) is 2.57. The fourth-order valence-electron chi connectivity index (χ4n) is 1.88. The Morgan fingerprint density at radius 1 is 1.21 bits per heavy atom. The summed E-state index contributed by atoms with van der Waals surface area (Å²) in [4.78, 5) is 21.3. The zero-order valence-corrected chi connectivity index (χ0v) is 21.8. The molecule has 0 aromatic heterocycles. The molecular formula is C19H33KO7S. The minimum Gasteiger partial charge on any atom is -0.545 e. The topological polar surface area (TPSA) is 121 Å². The Kier molecular flexibility index (Phi) is 22.1. The number of unbranched alkanes of at least 4 members (excludes halogenated alkanes) is 2. The number of carboxylic acid groups (broad SMARTS) is 1. The Hall–Kier alpha value is -0.0336.